The first-order valence-corrected chi connectivity index (χ1v) is 7.09. The van der Waals surface area contributed by atoms with Gasteiger partial charge in [-0.05, 0) is 12.1 Å². The summed E-state index contributed by atoms with van der Waals surface area (Å²) >= 11 is 1.24. The van der Waals surface area contributed by atoms with Crippen LogP contribution in [-0.4, -0.2) is 28.3 Å². The van der Waals surface area contributed by atoms with Gasteiger partial charge >= 0.3 is 0 Å². The smallest absolute Gasteiger partial charge is 0.262 e. The number of carbonyl (C=O) groups is 1. The minimum atomic E-state index is -0.116. The molecule has 1 aromatic carbocycles. The average Bonchev–Trinajstić information content (AvgIpc) is 2.48. The minimum Gasteiger partial charge on any atom is -0.358 e. The highest BCUT2D eigenvalue weighted by Crippen LogP contribution is 2.17. The van der Waals surface area contributed by atoms with E-state index < -0.39 is 0 Å². The van der Waals surface area contributed by atoms with Gasteiger partial charge in [0.25, 0.3) is 5.56 Å². The van der Waals surface area contributed by atoms with Crippen LogP contribution in [0, 0.1) is 0 Å². The predicted molar refractivity (Wildman–Crippen MR) is 81.0 cm³/mol. The van der Waals surface area contributed by atoms with Gasteiger partial charge in [-0.3, -0.25) is 14.2 Å². The van der Waals surface area contributed by atoms with E-state index in [4.69, 9.17) is 0 Å². The Hall–Kier alpha value is -2.08. The summed E-state index contributed by atoms with van der Waals surface area (Å²) < 4.78 is 1.53. The Labute approximate surface area is 120 Å². The van der Waals surface area contributed by atoms with Crippen molar-refractivity contribution in [3.63, 3.8) is 0 Å². The van der Waals surface area contributed by atoms with Crippen LogP contribution in [0.15, 0.2) is 46.9 Å². The van der Waals surface area contributed by atoms with Crippen LogP contribution in [0.3, 0.4) is 0 Å². The van der Waals surface area contributed by atoms with Crippen LogP contribution < -0.4 is 10.9 Å². The van der Waals surface area contributed by atoms with Crippen LogP contribution in [-0.2, 0) is 11.3 Å². The SMILES string of the molecule is C=CCn1c(SCC(=O)NC)nc2ccccc2c1=O. The van der Waals surface area contributed by atoms with Gasteiger partial charge in [0.2, 0.25) is 5.91 Å². The zero-order chi connectivity index (χ0) is 14.5. The first-order valence-electron chi connectivity index (χ1n) is 6.11. The molecule has 20 heavy (non-hydrogen) atoms. The highest BCUT2D eigenvalue weighted by atomic mass is 32.2. The van der Waals surface area contributed by atoms with Gasteiger partial charge in [0.1, 0.15) is 0 Å². The maximum Gasteiger partial charge on any atom is 0.262 e. The number of rotatable bonds is 5. The van der Waals surface area contributed by atoms with Crippen LogP contribution in [0.5, 0.6) is 0 Å². The van der Waals surface area contributed by atoms with Crippen molar-refractivity contribution in [2.45, 2.75) is 11.7 Å². The molecule has 1 amide bonds. The number of amides is 1. The number of para-hydroxylation sites is 1. The van der Waals surface area contributed by atoms with E-state index in [0.29, 0.717) is 22.6 Å². The standard InChI is InChI=1S/C14H15N3O2S/c1-3-8-17-13(19)10-6-4-5-7-11(10)16-14(17)20-9-12(18)15-2/h3-7H,1,8-9H2,2H3,(H,15,18). The van der Waals surface area contributed by atoms with E-state index in [1.54, 1.807) is 31.3 Å². The highest BCUT2D eigenvalue weighted by molar-refractivity contribution is 7.99. The molecule has 0 atom stereocenters. The summed E-state index contributed by atoms with van der Waals surface area (Å²) in [7, 11) is 1.58. The molecule has 1 heterocycles. The first-order chi connectivity index (χ1) is 9.67. The summed E-state index contributed by atoms with van der Waals surface area (Å²) in [5.74, 6) is 0.112. The maximum absolute atomic E-state index is 12.4. The number of nitrogens with zero attached hydrogens (tertiary/aromatic N) is 2. The van der Waals surface area contributed by atoms with Crippen molar-refractivity contribution in [1.29, 1.82) is 0 Å². The lowest BCUT2D eigenvalue weighted by molar-refractivity contribution is -0.118. The predicted octanol–water partition coefficient (Wildman–Crippen LogP) is 1.42. The first kappa shape index (κ1) is 14.3. The second kappa shape index (κ2) is 6.38. The average molecular weight is 289 g/mol. The third-order valence-corrected chi connectivity index (χ3v) is 3.73. The second-order valence-electron chi connectivity index (χ2n) is 4.08. The molecule has 0 radical (unpaired) electrons. The van der Waals surface area contributed by atoms with Crippen molar-refractivity contribution >= 4 is 28.6 Å². The molecule has 0 saturated carbocycles. The van der Waals surface area contributed by atoms with Crippen LogP contribution >= 0.6 is 11.8 Å². The number of hydrogen-bond donors (Lipinski definition) is 1. The van der Waals surface area contributed by atoms with Crippen molar-refractivity contribution in [1.82, 2.24) is 14.9 Å². The maximum atomic E-state index is 12.4. The summed E-state index contributed by atoms with van der Waals surface area (Å²) in [6, 6.07) is 7.18. The molecule has 6 heteroatoms. The van der Waals surface area contributed by atoms with Gasteiger partial charge in [-0.1, -0.05) is 30.0 Å². The molecule has 2 aromatic rings. The molecule has 2 rings (SSSR count). The van der Waals surface area contributed by atoms with E-state index in [1.165, 1.54) is 16.3 Å². The lowest BCUT2D eigenvalue weighted by atomic mass is 10.2. The monoisotopic (exact) mass is 289 g/mol. The van der Waals surface area contributed by atoms with Gasteiger partial charge in [-0.25, -0.2) is 4.98 Å². The number of thioether (sulfide) groups is 1. The molecule has 0 unspecified atom stereocenters. The fourth-order valence-electron chi connectivity index (χ4n) is 1.75. The summed E-state index contributed by atoms with van der Waals surface area (Å²) in [4.78, 5) is 28.2. The Bertz CT molecular complexity index is 709. The van der Waals surface area contributed by atoms with Gasteiger partial charge < -0.3 is 5.32 Å². The molecule has 1 N–H and O–H groups in total. The number of hydrogen-bond acceptors (Lipinski definition) is 4. The van der Waals surface area contributed by atoms with Crippen molar-refractivity contribution in [2.24, 2.45) is 0 Å². The molecule has 0 saturated heterocycles. The Kier molecular flexibility index (Phi) is 4.57. The number of carbonyl (C=O) groups excluding carboxylic acids is 1. The third kappa shape index (κ3) is 2.91. The Morgan fingerprint density at radius 3 is 2.95 bits per heavy atom. The van der Waals surface area contributed by atoms with E-state index in [-0.39, 0.29) is 17.2 Å². The van der Waals surface area contributed by atoms with Crippen molar-refractivity contribution in [2.75, 3.05) is 12.8 Å². The fourth-order valence-corrected chi connectivity index (χ4v) is 2.63. The highest BCUT2D eigenvalue weighted by Gasteiger charge is 2.11. The lowest BCUT2D eigenvalue weighted by Crippen LogP contribution is -2.24. The molecule has 0 aliphatic carbocycles. The molecule has 1 aromatic heterocycles. The normalized spacial score (nSPS) is 10.4. The minimum absolute atomic E-state index is 0.109. The molecule has 0 bridgehead atoms. The summed E-state index contributed by atoms with van der Waals surface area (Å²) in [6.45, 7) is 4.02. The van der Waals surface area contributed by atoms with E-state index in [9.17, 15) is 9.59 Å². The molecule has 0 fully saturated rings. The van der Waals surface area contributed by atoms with Crippen LogP contribution in [0.2, 0.25) is 0 Å². The largest absolute Gasteiger partial charge is 0.358 e. The number of aromatic nitrogens is 2. The molecule has 0 aliphatic heterocycles. The molecule has 0 aliphatic rings. The van der Waals surface area contributed by atoms with E-state index in [1.807, 2.05) is 6.07 Å². The summed E-state index contributed by atoms with van der Waals surface area (Å²) in [6.07, 6.45) is 1.64. The third-order valence-electron chi connectivity index (χ3n) is 2.75. The second-order valence-corrected chi connectivity index (χ2v) is 5.02. The molecule has 0 spiro atoms. The van der Waals surface area contributed by atoms with Crippen molar-refractivity contribution < 1.29 is 4.79 Å². The van der Waals surface area contributed by atoms with Crippen molar-refractivity contribution in [3.8, 4) is 0 Å². The van der Waals surface area contributed by atoms with Crippen molar-refractivity contribution in [3.05, 3.63) is 47.3 Å². The zero-order valence-corrected chi connectivity index (χ0v) is 11.9. The number of fused-ring (bicyclic) bond motifs is 1. The molecule has 5 nitrogen and oxygen atoms in total. The fraction of sp³-hybridized carbons (Fsp3) is 0.214. The molecular formula is C14H15N3O2S. The summed E-state index contributed by atoms with van der Waals surface area (Å²) in [5.41, 5.74) is 0.520. The molecule has 104 valence electrons. The quantitative estimate of drug-likeness (QED) is 0.514. The van der Waals surface area contributed by atoms with Gasteiger partial charge in [0.05, 0.1) is 16.7 Å². The van der Waals surface area contributed by atoms with E-state index in [2.05, 4.69) is 16.9 Å². The zero-order valence-electron chi connectivity index (χ0n) is 11.1. The van der Waals surface area contributed by atoms with Crippen LogP contribution in [0.1, 0.15) is 0 Å². The number of nitrogens with one attached hydrogen (secondary N) is 1. The van der Waals surface area contributed by atoms with Gasteiger partial charge in [0, 0.05) is 13.6 Å². The Morgan fingerprint density at radius 1 is 1.50 bits per heavy atom. The number of allylic oxidation sites excluding steroid dienone is 1. The van der Waals surface area contributed by atoms with E-state index >= 15 is 0 Å². The van der Waals surface area contributed by atoms with Crippen LogP contribution in [0.4, 0.5) is 0 Å². The Morgan fingerprint density at radius 2 is 2.25 bits per heavy atom. The number of benzene rings is 1. The van der Waals surface area contributed by atoms with Crippen LogP contribution in [0.25, 0.3) is 10.9 Å². The van der Waals surface area contributed by atoms with Gasteiger partial charge in [0.15, 0.2) is 5.16 Å². The topological polar surface area (TPSA) is 64.0 Å². The Balaban J connectivity index is 2.50. The van der Waals surface area contributed by atoms with Gasteiger partial charge in [-0.2, -0.15) is 0 Å². The van der Waals surface area contributed by atoms with Gasteiger partial charge in [-0.15, -0.1) is 6.58 Å². The lowest BCUT2D eigenvalue weighted by Gasteiger charge is -2.10. The molecular weight excluding hydrogens is 274 g/mol. The summed E-state index contributed by atoms with van der Waals surface area (Å²) in [5, 5.41) is 3.64. The van der Waals surface area contributed by atoms with E-state index in [0.717, 1.165) is 0 Å².